The van der Waals surface area contributed by atoms with Gasteiger partial charge < -0.3 is 4.74 Å². The van der Waals surface area contributed by atoms with Crippen molar-refractivity contribution in [1.82, 2.24) is 0 Å². The Kier molecular flexibility index (Phi) is 3.75. The molecule has 0 bridgehead atoms. The highest BCUT2D eigenvalue weighted by molar-refractivity contribution is 7.80. The van der Waals surface area contributed by atoms with Crippen LogP contribution in [0, 0.1) is 18.3 Å². The lowest BCUT2D eigenvalue weighted by molar-refractivity contribution is 0.0525. The minimum absolute atomic E-state index is 0.292. The zero-order chi connectivity index (χ0) is 11.4. The van der Waals surface area contributed by atoms with Crippen LogP contribution < -0.4 is 0 Å². The van der Waals surface area contributed by atoms with Crippen LogP contribution >= 0.6 is 12.6 Å². The average molecular weight is 221 g/mol. The number of nitrogens with zero attached hydrogens (tertiary/aromatic N) is 1. The fourth-order valence-corrected chi connectivity index (χ4v) is 1.45. The van der Waals surface area contributed by atoms with Crippen molar-refractivity contribution in [1.29, 1.82) is 5.26 Å². The Balaban J connectivity index is 3.31. The Morgan fingerprint density at radius 2 is 2.27 bits per heavy atom. The van der Waals surface area contributed by atoms with Crippen LogP contribution in [-0.4, -0.2) is 12.6 Å². The maximum Gasteiger partial charge on any atom is 0.339 e. The van der Waals surface area contributed by atoms with E-state index in [4.69, 9.17) is 10.00 Å². The quantitative estimate of drug-likeness (QED) is 0.616. The largest absolute Gasteiger partial charge is 0.462 e. The van der Waals surface area contributed by atoms with E-state index in [1.54, 1.807) is 26.0 Å². The van der Waals surface area contributed by atoms with Gasteiger partial charge in [-0.15, -0.1) is 12.6 Å². The molecule has 0 aliphatic carbocycles. The second-order valence-electron chi connectivity index (χ2n) is 2.96. The summed E-state index contributed by atoms with van der Waals surface area (Å²) in [7, 11) is 0. The highest BCUT2D eigenvalue weighted by Gasteiger charge is 2.16. The lowest BCUT2D eigenvalue weighted by Crippen LogP contribution is -2.09. The minimum Gasteiger partial charge on any atom is -0.462 e. The van der Waals surface area contributed by atoms with E-state index in [1.165, 1.54) is 0 Å². The van der Waals surface area contributed by atoms with E-state index >= 15 is 0 Å². The zero-order valence-corrected chi connectivity index (χ0v) is 9.47. The van der Waals surface area contributed by atoms with Crippen LogP contribution in [0.2, 0.25) is 0 Å². The van der Waals surface area contributed by atoms with Crippen molar-refractivity contribution in [2.24, 2.45) is 0 Å². The summed E-state index contributed by atoms with van der Waals surface area (Å²) >= 11 is 4.20. The molecule has 15 heavy (non-hydrogen) atoms. The number of carbonyl (C=O) groups is 1. The number of benzene rings is 1. The number of hydrogen-bond acceptors (Lipinski definition) is 4. The van der Waals surface area contributed by atoms with Gasteiger partial charge in [0.05, 0.1) is 17.7 Å². The molecule has 0 atom stereocenters. The number of thiol groups is 1. The van der Waals surface area contributed by atoms with Crippen molar-refractivity contribution in [2.75, 3.05) is 6.61 Å². The van der Waals surface area contributed by atoms with Crippen LogP contribution in [0.5, 0.6) is 0 Å². The predicted molar refractivity (Wildman–Crippen MR) is 59.1 cm³/mol. The van der Waals surface area contributed by atoms with Gasteiger partial charge >= 0.3 is 5.97 Å². The van der Waals surface area contributed by atoms with Gasteiger partial charge in [0.2, 0.25) is 0 Å². The number of ether oxygens (including phenoxy) is 1. The highest BCUT2D eigenvalue weighted by Crippen LogP contribution is 2.21. The molecule has 1 aromatic carbocycles. The molecule has 0 aromatic heterocycles. The van der Waals surface area contributed by atoms with Gasteiger partial charge in [0.25, 0.3) is 0 Å². The fourth-order valence-electron chi connectivity index (χ4n) is 1.26. The summed E-state index contributed by atoms with van der Waals surface area (Å²) < 4.78 is 4.88. The number of esters is 1. The number of carbonyl (C=O) groups excluding carboxylic acids is 1. The lowest BCUT2D eigenvalue weighted by atomic mass is 10.0. The first-order valence-corrected chi connectivity index (χ1v) is 4.96. The Morgan fingerprint density at radius 1 is 1.60 bits per heavy atom. The molecule has 0 N–H and O–H groups in total. The summed E-state index contributed by atoms with van der Waals surface area (Å²) in [5, 5.41) is 8.87. The molecule has 4 heteroatoms. The normalized spacial score (nSPS) is 9.47. The molecule has 0 unspecified atom stereocenters. The molecule has 0 aliphatic rings. The maximum atomic E-state index is 11.6. The van der Waals surface area contributed by atoms with E-state index in [-0.39, 0.29) is 0 Å². The third kappa shape index (κ3) is 2.31. The molecule has 0 saturated carbocycles. The highest BCUT2D eigenvalue weighted by atomic mass is 32.1. The van der Waals surface area contributed by atoms with E-state index < -0.39 is 5.97 Å². The molecule has 78 valence electrons. The van der Waals surface area contributed by atoms with E-state index in [0.29, 0.717) is 28.2 Å². The molecule has 1 aromatic rings. The summed E-state index contributed by atoms with van der Waals surface area (Å²) in [6.07, 6.45) is 0. The Labute approximate surface area is 94.1 Å². The first-order chi connectivity index (χ1) is 7.11. The van der Waals surface area contributed by atoms with Crippen LogP contribution in [0.3, 0.4) is 0 Å². The molecule has 0 heterocycles. The third-order valence-corrected chi connectivity index (χ3v) is 2.52. The standard InChI is InChI=1S/C11H11NO2S/c1-3-14-11(13)10-7(2)9(15)5-4-8(10)6-12/h4-5,15H,3H2,1-2H3. The summed E-state index contributed by atoms with van der Waals surface area (Å²) in [4.78, 5) is 12.3. The van der Waals surface area contributed by atoms with Gasteiger partial charge in [-0.2, -0.15) is 5.26 Å². The monoisotopic (exact) mass is 221 g/mol. The zero-order valence-electron chi connectivity index (χ0n) is 8.57. The summed E-state index contributed by atoms with van der Waals surface area (Å²) in [6.45, 7) is 3.76. The van der Waals surface area contributed by atoms with Gasteiger partial charge in [-0.3, -0.25) is 0 Å². The SMILES string of the molecule is CCOC(=O)c1c(C#N)ccc(S)c1C. The molecule has 1 rings (SSSR count). The molecule has 3 nitrogen and oxygen atoms in total. The van der Waals surface area contributed by atoms with E-state index in [9.17, 15) is 4.79 Å². The molecule has 0 saturated heterocycles. The van der Waals surface area contributed by atoms with E-state index in [2.05, 4.69) is 12.6 Å². The van der Waals surface area contributed by atoms with E-state index in [1.807, 2.05) is 6.07 Å². The van der Waals surface area contributed by atoms with Gasteiger partial charge in [-0.05, 0) is 31.5 Å². The minimum atomic E-state index is -0.470. The Hall–Kier alpha value is -1.47. The summed E-state index contributed by atoms with van der Waals surface area (Å²) in [5.74, 6) is -0.470. The number of nitriles is 1. The molecule has 0 fully saturated rings. The van der Waals surface area contributed by atoms with Gasteiger partial charge in [-0.25, -0.2) is 4.79 Å². The van der Waals surface area contributed by atoms with Gasteiger partial charge in [0.15, 0.2) is 0 Å². The first-order valence-electron chi connectivity index (χ1n) is 4.51. The van der Waals surface area contributed by atoms with Crippen LogP contribution in [-0.2, 0) is 4.74 Å². The predicted octanol–water partition coefficient (Wildman–Crippen LogP) is 2.33. The maximum absolute atomic E-state index is 11.6. The van der Waals surface area contributed by atoms with Crippen molar-refractivity contribution < 1.29 is 9.53 Å². The van der Waals surface area contributed by atoms with Crippen LogP contribution in [0.1, 0.15) is 28.4 Å². The second kappa shape index (κ2) is 4.85. The smallest absolute Gasteiger partial charge is 0.339 e. The molecular formula is C11H11NO2S. The first kappa shape index (κ1) is 11.6. The van der Waals surface area contributed by atoms with Crippen molar-refractivity contribution in [3.05, 3.63) is 28.8 Å². The van der Waals surface area contributed by atoms with Crippen LogP contribution in [0.15, 0.2) is 17.0 Å². The fraction of sp³-hybridized carbons (Fsp3) is 0.273. The molecule has 0 amide bonds. The van der Waals surface area contributed by atoms with Gasteiger partial charge in [0.1, 0.15) is 6.07 Å². The van der Waals surface area contributed by atoms with Crippen LogP contribution in [0.25, 0.3) is 0 Å². The topological polar surface area (TPSA) is 50.1 Å². The molecule has 0 spiro atoms. The number of rotatable bonds is 2. The van der Waals surface area contributed by atoms with Crippen LogP contribution in [0.4, 0.5) is 0 Å². The van der Waals surface area contributed by atoms with Crippen molar-refractivity contribution >= 4 is 18.6 Å². The molecular weight excluding hydrogens is 210 g/mol. The second-order valence-corrected chi connectivity index (χ2v) is 3.45. The third-order valence-electron chi connectivity index (χ3n) is 2.04. The van der Waals surface area contributed by atoms with Crippen molar-refractivity contribution in [2.45, 2.75) is 18.7 Å². The van der Waals surface area contributed by atoms with E-state index in [0.717, 1.165) is 0 Å². The summed E-state index contributed by atoms with van der Waals surface area (Å²) in [6, 6.07) is 5.23. The van der Waals surface area contributed by atoms with Gasteiger partial charge in [-0.1, -0.05) is 0 Å². The van der Waals surface area contributed by atoms with Crippen molar-refractivity contribution in [3.8, 4) is 6.07 Å². The molecule has 0 radical (unpaired) electrons. The number of hydrogen-bond donors (Lipinski definition) is 1. The molecule has 0 aliphatic heterocycles. The van der Waals surface area contributed by atoms with Crippen molar-refractivity contribution in [3.63, 3.8) is 0 Å². The Bertz CT molecular complexity index is 435. The summed E-state index contributed by atoms with van der Waals surface area (Å²) in [5.41, 5.74) is 1.31. The lowest BCUT2D eigenvalue weighted by Gasteiger charge is -2.08. The van der Waals surface area contributed by atoms with Gasteiger partial charge in [0, 0.05) is 4.90 Å². The average Bonchev–Trinajstić information content (AvgIpc) is 2.22. The Morgan fingerprint density at radius 3 is 2.80 bits per heavy atom.